The van der Waals surface area contributed by atoms with E-state index in [0.717, 1.165) is 0 Å². The monoisotopic (exact) mass is 419 g/mol. The standard InChI is InChI=1S/C15H15BrClNO6/c1-21-13-10(16)4-8(17)5-11(13)18-7-24-6-9(14(19)22-2)12(18)15(20)23-3/h4-5H,6-7H2,1-3H3. The normalized spacial score (nSPS) is 14.5. The van der Waals surface area contributed by atoms with E-state index in [0.29, 0.717) is 20.9 Å². The van der Waals surface area contributed by atoms with Crippen LogP contribution in [0.5, 0.6) is 5.75 Å². The third kappa shape index (κ3) is 3.50. The molecule has 9 heteroatoms. The quantitative estimate of drug-likeness (QED) is 0.693. The lowest BCUT2D eigenvalue weighted by atomic mass is 10.1. The fraction of sp³-hybridized carbons (Fsp3) is 0.333. The molecule has 0 aliphatic carbocycles. The minimum Gasteiger partial charge on any atom is -0.493 e. The maximum atomic E-state index is 12.3. The highest BCUT2D eigenvalue weighted by Gasteiger charge is 2.34. The van der Waals surface area contributed by atoms with Gasteiger partial charge in [0.25, 0.3) is 0 Å². The van der Waals surface area contributed by atoms with Crippen molar-refractivity contribution in [2.75, 3.05) is 39.6 Å². The number of methoxy groups -OCH3 is 3. The molecule has 2 rings (SSSR count). The summed E-state index contributed by atoms with van der Waals surface area (Å²) in [6.45, 7) is -0.0638. The van der Waals surface area contributed by atoms with Gasteiger partial charge in [0.05, 0.1) is 43.7 Å². The lowest BCUT2D eigenvalue weighted by molar-refractivity contribution is -0.140. The summed E-state index contributed by atoms with van der Waals surface area (Å²) < 4.78 is 20.9. The van der Waals surface area contributed by atoms with Gasteiger partial charge in [0.1, 0.15) is 12.4 Å². The van der Waals surface area contributed by atoms with E-state index >= 15 is 0 Å². The molecule has 130 valence electrons. The van der Waals surface area contributed by atoms with Gasteiger partial charge in [-0.2, -0.15) is 0 Å². The molecule has 0 radical (unpaired) electrons. The Kier molecular flexibility index (Phi) is 6.09. The summed E-state index contributed by atoms with van der Waals surface area (Å²) in [7, 11) is 3.92. The number of esters is 2. The molecule has 0 unspecified atom stereocenters. The van der Waals surface area contributed by atoms with Gasteiger partial charge in [-0.15, -0.1) is 0 Å². The first-order chi connectivity index (χ1) is 11.4. The van der Waals surface area contributed by atoms with E-state index in [1.54, 1.807) is 12.1 Å². The molecule has 1 aliphatic heterocycles. The molecule has 0 atom stereocenters. The second-order valence-corrected chi connectivity index (χ2v) is 5.95. The van der Waals surface area contributed by atoms with Gasteiger partial charge >= 0.3 is 11.9 Å². The van der Waals surface area contributed by atoms with Crippen LogP contribution in [0.25, 0.3) is 0 Å². The molecule has 1 aliphatic rings. The average Bonchev–Trinajstić information content (AvgIpc) is 2.59. The van der Waals surface area contributed by atoms with Crippen LogP contribution in [0.3, 0.4) is 0 Å². The van der Waals surface area contributed by atoms with Gasteiger partial charge in [-0.3, -0.25) is 0 Å². The first kappa shape index (κ1) is 18.6. The molecule has 1 aromatic rings. The zero-order valence-corrected chi connectivity index (χ0v) is 15.6. The smallest absolute Gasteiger partial charge is 0.355 e. The van der Waals surface area contributed by atoms with Crippen molar-refractivity contribution >= 4 is 45.2 Å². The maximum absolute atomic E-state index is 12.3. The average molecular weight is 421 g/mol. The molecule has 0 saturated heterocycles. The fourth-order valence-corrected chi connectivity index (χ4v) is 3.24. The van der Waals surface area contributed by atoms with Crippen LogP contribution in [0, 0.1) is 0 Å². The molecule has 0 N–H and O–H groups in total. The van der Waals surface area contributed by atoms with Gasteiger partial charge in [-0.1, -0.05) is 11.6 Å². The Hall–Kier alpha value is -1.77. The van der Waals surface area contributed by atoms with Crippen molar-refractivity contribution < 1.29 is 28.5 Å². The number of carbonyl (C=O) groups excluding carboxylic acids is 2. The Bertz CT molecular complexity index is 705. The first-order valence-electron chi connectivity index (χ1n) is 6.72. The number of halogens is 2. The molecule has 0 spiro atoms. The largest absolute Gasteiger partial charge is 0.493 e. The molecular formula is C15H15BrClNO6. The second-order valence-electron chi connectivity index (χ2n) is 4.66. The van der Waals surface area contributed by atoms with Gasteiger partial charge in [-0.05, 0) is 28.1 Å². The minimum absolute atomic E-state index is 0.00801. The lowest BCUT2D eigenvalue weighted by Gasteiger charge is -2.32. The van der Waals surface area contributed by atoms with Crippen LogP contribution >= 0.6 is 27.5 Å². The van der Waals surface area contributed by atoms with E-state index in [-0.39, 0.29) is 24.6 Å². The van der Waals surface area contributed by atoms with Gasteiger partial charge < -0.3 is 23.8 Å². The summed E-state index contributed by atoms with van der Waals surface area (Å²) in [5.41, 5.74) is 0.509. The predicted octanol–water partition coefficient (Wildman–Crippen LogP) is 2.51. The summed E-state index contributed by atoms with van der Waals surface area (Å²) >= 11 is 9.46. The molecule has 0 fully saturated rings. The first-order valence-corrected chi connectivity index (χ1v) is 7.89. The van der Waals surface area contributed by atoms with Crippen molar-refractivity contribution in [3.05, 3.63) is 32.9 Å². The van der Waals surface area contributed by atoms with Gasteiger partial charge in [-0.25, -0.2) is 9.59 Å². The SMILES string of the molecule is COC(=O)C1=C(C(=O)OC)N(c2cc(Cl)cc(Br)c2OC)COC1. The van der Waals surface area contributed by atoms with Crippen LogP contribution in [-0.4, -0.2) is 46.6 Å². The minimum atomic E-state index is -0.697. The van der Waals surface area contributed by atoms with Crippen LogP contribution in [-0.2, 0) is 23.8 Å². The number of rotatable bonds is 4. The topological polar surface area (TPSA) is 74.3 Å². The van der Waals surface area contributed by atoms with Crippen LogP contribution in [0.4, 0.5) is 5.69 Å². The van der Waals surface area contributed by atoms with Crippen LogP contribution in [0.15, 0.2) is 27.9 Å². The highest BCUT2D eigenvalue weighted by molar-refractivity contribution is 9.10. The van der Waals surface area contributed by atoms with Crippen molar-refractivity contribution in [2.24, 2.45) is 0 Å². The molecule has 0 aromatic heterocycles. The summed E-state index contributed by atoms with van der Waals surface area (Å²) in [6, 6.07) is 3.25. The summed E-state index contributed by atoms with van der Waals surface area (Å²) in [4.78, 5) is 25.7. The maximum Gasteiger partial charge on any atom is 0.355 e. The van der Waals surface area contributed by atoms with Crippen molar-refractivity contribution in [3.63, 3.8) is 0 Å². The van der Waals surface area contributed by atoms with E-state index in [2.05, 4.69) is 15.9 Å². The van der Waals surface area contributed by atoms with Crippen molar-refractivity contribution in [1.29, 1.82) is 0 Å². The number of anilines is 1. The van der Waals surface area contributed by atoms with E-state index in [9.17, 15) is 9.59 Å². The van der Waals surface area contributed by atoms with Gasteiger partial charge in [0.15, 0.2) is 5.75 Å². The Morgan fingerprint density at radius 3 is 2.46 bits per heavy atom. The summed E-state index contributed by atoms with van der Waals surface area (Å²) in [6.07, 6.45) is 0. The number of benzene rings is 1. The van der Waals surface area contributed by atoms with Gasteiger partial charge in [0, 0.05) is 5.02 Å². The number of ether oxygens (including phenoxy) is 4. The molecule has 24 heavy (non-hydrogen) atoms. The third-order valence-corrected chi connectivity index (χ3v) is 4.12. The predicted molar refractivity (Wildman–Crippen MR) is 90.1 cm³/mol. The Morgan fingerprint density at radius 2 is 1.88 bits per heavy atom. The van der Waals surface area contributed by atoms with E-state index in [1.165, 1.54) is 26.2 Å². The van der Waals surface area contributed by atoms with E-state index in [4.69, 9.17) is 30.5 Å². The van der Waals surface area contributed by atoms with E-state index in [1.807, 2.05) is 0 Å². The van der Waals surface area contributed by atoms with Crippen molar-refractivity contribution in [1.82, 2.24) is 0 Å². The van der Waals surface area contributed by atoms with Crippen LogP contribution in [0.2, 0.25) is 5.02 Å². The summed E-state index contributed by atoms with van der Waals surface area (Å²) in [5.74, 6) is -0.951. The Morgan fingerprint density at radius 1 is 1.21 bits per heavy atom. The lowest BCUT2D eigenvalue weighted by Crippen LogP contribution is -2.39. The molecule has 7 nitrogen and oxygen atoms in total. The van der Waals surface area contributed by atoms with E-state index < -0.39 is 11.9 Å². The molecule has 1 aromatic carbocycles. The Balaban J connectivity index is 2.68. The van der Waals surface area contributed by atoms with Crippen LogP contribution < -0.4 is 9.64 Å². The molecule has 1 heterocycles. The number of carbonyl (C=O) groups is 2. The fourth-order valence-electron chi connectivity index (χ4n) is 2.28. The number of nitrogens with zero attached hydrogens (tertiary/aromatic N) is 1. The van der Waals surface area contributed by atoms with Crippen molar-refractivity contribution in [2.45, 2.75) is 0 Å². The number of hydrogen-bond donors (Lipinski definition) is 0. The number of hydrogen-bond acceptors (Lipinski definition) is 7. The third-order valence-electron chi connectivity index (χ3n) is 3.32. The summed E-state index contributed by atoms with van der Waals surface area (Å²) in [5, 5.41) is 0.409. The second kappa shape index (κ2) is 7.87. The zero-order valence-electron chi connectivity index (χ0n) is 13.2. The molecular weight excluding hydrogens is 406 g/mol. The Labute approximate surface area is 152 Å². The van der Waals surface area contributed by atoms with Gasteiger partial charge in [0.2, 0.25) is 0 Å². The molecule has 0 saturated carbocycles. The molecule has 0 bridgehead atoms. The highest BCUT2D eigenvalue weighted by Crippen LogP contribution is 2.41. The zero-order chi connectivity index (χ0) is 17.9. The highest BCUT2D eigenvalue weighted by atomic mass is 79.9. The van der Waals surface area contributed by atoms with Crippen molar-refractivity contribution in [3.8, 4) is 5.75 Å². The molecule has 0 amide bonds. The van der Waals surface area contributed by atoms with Crippen LogP contribution in [0.1, 0.15) is 0 Å².